The molecule has 1 heterocycles. The Balaban J connectivity index is 0.00000314. The van der Waals surface area contributed by atoms with E-state index in [9.17, 15) is 13.2 Å². The van der Waals surface area contributed by atoms with Crippen LogP contribution in [-0.4, -0.2) is 44.9 Å². The van der Waals surface area contributed by atoms with Gasteiger partial charge in [-0.3, -0.25) is 9.78 Å². The molecule has 0 bridgehead atoms. The van der Waals surface area contributed by atoms with Gasteiger partial charge in [0.1, 0.15) is 0 Å². The van der Waals surface area contributed by atoms with Crippen molar-refractivity contribution in [1.82, 2.24) is 9.29 Å². The average molecular weight is 779 g/mol. The fourth-order valence-electron chi connectivity index (χ4n) is 6.50. The smallest absolute Gasteiger partial charge is 0.243 e. The Hall–Kier alpha value is -4.61. The van der Waals surface area contributed by atoms with Gasteiger partial charge in [0.15, 0.2) is 11.5 Å². The molecule has 1 N–H and O–H groups in total. The van der Waals surface area contributed by atoms with Crippen molar-refractivity contribution in [3.05, 3.63) is 121 Å². The third kappa shape index (κ3) is 9.88. The van der Waals surface area contributed by atoms with Crippen LogP contribution in [0.25, 0.3) is 22.3 Å². The van der Waals surface area contributed by atoms with Gasteiger partial charge in [0.25, 0.3) is 0 Å². The number of halogens is 2. The number of hydrogen-bond acceptors (Lipinski definition) is 7. The van der Waals surface area contributed by atoms with Crippen LogP contribution < -0.4 is 19.5 Å². The van der Waals surface area contributed by atoms with Crippen LogP contribution in [0.5, 0.6) is 17.2 Å². The van der Waals surface area contributed by atoms with Gasteiger partial charge < -0.3 is 19.5 Å². The predicted octanol–water partition coefficient (Wildman–Crippen LogP) is 9.19. The highest BCUT2D eigenvalue weighted by Crippen LogP contribution is 2.41. The van der Waals surface area contributed by atoms with Gasteiger partial charge in [-0.2, -0.15) is 4.31 Å². The SMILES string of the molecule is COc1cc(-c2ccc(S(=O)(=O)N(Cc3ccc(-c4ccc(NC(=O)C5CCCCC5)cc4)cc3)Cc3cccnc3)cc2)cc(OC)c1OC.Cl.Cl. The van der Waals surface area contributed by atoms with Crippen molar-refractivity contribution in [3.63, 3.8) is 0 Å². The molecule has 5 aromatic rings. The minimum atomic E-state index is -3.92. The van der Waals surface area contributed by atoms with Gasteiger partial charge in [-0.05, 0) is 88.7 Å². The Bertz CT molecular complexity index is 2020. The number of sulfonamides is 1. The third-order valence-electron chi connectivity index (χ3n) is 9.35. The molecule has 12 heteroatoms. The summed E-state index contributed by atoms with van der Waals surface area (Å²) in [6.45, 7) is 0.318. The molecular weight excluding hydrogens is 733 g/mol. The number of ether oxygens (including phenoxy) is 3. The molecule has 0 aliphatic heterocycles. The van der Waals surface area contributed by atoms with Crippen molar-refractivity contribution in [3.8, 4) is 39.5 Å². The highest BCUT2D eigenvalue weighted by Gasteiger charge is 2.26. The maximum Gasteiger partial charge on any atom is 0.243 e. The van der Waals surface area contributed by atoms with Crippen LogP contribution in [0.2, 0.25) is 0 Å². The van der Waals surface area contributed by atoms with Crippen molar-refractivity contribution < 1.29 is 27.4 Å². The molecule has 53 heavy (non-hydrogen) atoms. The van der Waals surface area contributed by atoms with E-state index in [1.54, 1.807) is 64.1 Å². The van der Waals surface area contributed by atoms with Crippen LogP contribution in [0, 0.1) is 5.92 Å². The molecule has 1 aliphatic carbocycles. The van der Waals surface area contributed by atoms with Crippen LogP contribution in [-0.2, 0) is 27.9 Å². The fraction of sp³-hybridized carbons (Fsp3) is 0.268. The zero-order chi connectivity index (χ0) is 35.8. The molecule has 1 aliphatic rings. The lowest BCUT2D eigenvalue weighted by molar-refractivity contribution is -0.120. The van der Waals surface area contributed by atoms with Crippen molar-refractivity contribution in [2.75, 3.05) is 26.6 Å². The number of hydrogen-bond donors (Lipinski definition) is 1. The minimum Gasteiger partial charge on any atom is -0.493 e. The van der Waals surface area contributed by atoms with E-state index >= 15 is 0 Å². The van der Waals surface area contributed by atoms with E-state index in [1.165, 1.54) is 10.7 Å². The Morgan fingerprint density at radius 2 is 1.26 bits per heavy atom. The predicted molar refractivity (Wildman–Crippen MR) is 214 cm³/mol. The minimum absolute atomic E-state index is 0. The maximum atomic E-state index is 14.2. The number of aromatic nitrogens is 1. The number of nitrogens with zero attached hydrogens (tertiary/aromatic N) is 2. The van der Waals surface area contributed by atoms with Crippen molar-refractivity contribution in [2.24, 2.45) is 5.92 Å². The van der Waals surface area contributed by atoms with E-state index in [-0.39, 0.29) is 54.6 Å². The number of benzene rings is 4. The Labute approximate surface area is 324 Å². The van der Waals surface area contributed by atoms with E-state index in [0.29, 0.717) is 17.2 Å². The van der Waals surface area contributed by atoms with E-state index in [2.05, 4.69) is 10.3 Å². The fourth-order valence-corrected chi connectivity index (χ4v) is 7.91. The lowest BCUT2D eigenvalue weighted by atomic mass is 9.88. The van der Waals surface area contributed by atoms with Crippen LogP contribution in [0.3, 0.4) is 0 Å². The van der Waals surface area contributed by atoms with Gasteiger partial charge in [0.2, 0.25) is 21.7 Å². The summed E-state index contributed by atoms with van der Waals surface area (Å²) >= 11 is 0. The number of anilines is 1. The summed E-state index contributed by atoms with van der Waals surface area (Å²) in [6, 6.07) is 29.8. The highest BCUT2D eigenvalue weighted by molar-refractivity contribution is 7.89. The maximum absolute atomic E-state index is 14.2. The molecule has 1 aromatic heterocycles. The van der Waals surface area contributed by atoms with Gasteiger partial charge in [-0.1, -0.05) is 73.9 Å². The van der Waals surface area contributed by atoms with Gasteiger partial charge >= 0.3 is 0 Å². The second kappa shape index (κ2) is 18.9. The summed E-state index contributed by atoms with van der Waals surface area (Å²) in [5, 5.41) is 3.07. The van der Waals surface area contributed by atoms with Crippen LogP contribution >= 0.6 is 24.8 Å². The van der Waals surface area contributed by atoms with Crippen LogP contribution in [0.15, 0.2) is 114 Å². The number of rotatable bonds is 13. The summed E-state index contributed by atoms with van der Waals surface area (Å²) < 4.78 is 46.3. The molecule has 9 nitrogen and oxygen atoms in total. The normalized spacial score (nSPS) is 13.0. The zero-order valence-corrected chi connectivity index (χ0v) is 32.4. The second-order valence-electron chi connectivity index (χ2n) is 12.7. The standard InChI is InChI=1S/C41H43N3O6S.2ClH/c1-48-38-24-35(25-39(49-2)40(38)50-3)33-17-21-37(22-18-33)51(46,47)44(28-30-8-7-23-42-26-30)27-29-11-13-31(14-12-29)32-15-19-36(20-16-32)43-41(45)34-9-5-4-6-10-34;;/h7-8,11-26,34H,4-6,9-10,27-28H2,1-3H3,(H,43,45);2*1H. The lowest BCUT2D eigenvalue weighted by Gasteiger charge is -2.23. The lowest BCUT2D eigenvalue weighted by Crippen LogP contribution is -2.30. The number of carbonyl (C=O) groups is 1. The molecule has 1 saturated carbocycles. The van der Waals surface area contributed by atoms with E-state index in [0.717, 1.165) is 64.8 Å². The molecule has 0 saturated heterocycles. The summed E-state index contributed by atoms with van der Waals surface area (Å²) in [5.74, 6) is 1.70. The molecule has 0 unspecified atom stereocenters. The van der Waals surface area contributed by atoms with Crippen molar-refractivity contribution >= 4 is 46.4 Å². The molecule has 0 atom stereocenters. The molecule has 1 amide bonds. The first-order valence-electron chi connectivity index (χ1n) is 17.1. The van der Waals surface area contributed by atoms with E-state index < -0.39 is 10.0 Å². The number of pyridine rings is 1. The summed E-state index contributed by atoms with van der Waals surface area (Å²) in [5.41, 5.74) is 6.00. The monoisotopic (exact) mass is 777 g/mol. The first kappa shape index (κ1) is 41.2. The van der Waals surface area contributed by atoms with Crippen molar-refractivity contribution in [1.29, 1.82) is 0 Å². The molecular formula is C41H45Cl2N3O6S. The third-order valence-corrected chi connectivity index (χ3v) is 11.2. The molecule has 0 radical (unpaired) electrons. The number of methoxy groups -OCH3 is 3. The summed E-state index contributed by atoms with van der Waals surface area (Å²) in [6.07, 6.45) is 8.71. The number of carbonyl (C=O) groups excluding carboxylic acids is 1. The first-order chi connectivity index (χ1) is 24.8. The first-order valence-corrected chi connectivity index (χ1v) is 18.5. The van der Waals surface area contributed by atoms with E-state index in [1.807, 2.05) is 66.7 Å². The Kier molecular flexibility index (Phi) is 14.7. The molecule has 280 valence electrons. The van der Waals surface area contributed by atoms with Crippen molar-refractivity contribution in [2.45, 2.75) is 50.1 Å². The summed E-state index contributed by atoms with van der Waals surface area (Å²) in [4.78, 5) is 17.1. The van der Waals surface area contributed by atoms with Crippen LogP contribution in [0.4, 0.5) is 5.69 Å². The molecule has 4 aromatic carbocycles. The number of amides is 1. The molecule has 6 rings (SSSR count). The quantitative estimate of drug-likeness (QED) is 0.127. The Morgan fingerprint density at radius 1 is 0.717 bits per heavy atom. The van der Waals surface area contributed by atoms with Gasteiger partial charge in [0.05, 0.1) is 26.2 Å². The zero-order valence-electron chi connectivity index (χ0n) is 30.0. The number of nitrogens with one attached hydrogen (secondary N) is 1. The second-order valence-corrected chi connectivity index (χ2v) is 14.6. The largest absolute Gasteiger partial charge is 0.493 e. The molecule has 0 spiro atoms. The highest BCUT2D eigenvalue weighted by atomic mass is 35.5. The van der Waals surface area contributed by atoms with Crippen LogP contribution in [0.1, 0.15) is 43.2 Å². The topological polar surface area (TPSA) is 107 Å². The molecule has 1 fully saturated rings. The van der Waals surface area contributed by atoms with Gasteiger partial charge in [-0.15, -0.1) is 24.8 Å². The van der Waals surface area contributed by atoms with Gasteiger partial charge in [-0.25, -0.2) is 8.42 Å². The van der Waals surface area contributed by atoms with Gasteiger partial charge in [0, 0.05) is 37.1 Å². The summed E-state index contributed by atoms with van der Waals surface area (Å²) in [7, 11) is 0.740. The van der Waals surface area contributed by atoms with E-state index in [4.69, 9.17) is 14.2 Å². The Morgan fingerprint density at radius 3 is 1.81 bits per heavy atom. The average Bonchev–Trinajstić information content (AvgIpc) is 3.18.